The average molecular weight is 177 g/mol. The molecule has 0 aromatic carbocycles. The van der Waals surface area contributed by atoms with Crippen LogP contribution in [0.2, 0.25) is 0 Å². The van der Waals surface area contributed by atoms with E-state index in [0.717, 1.165) is 25.5 Å². The van der Waals surface area contributed by atoms with Crippen molar-refractivity contribution < 1.29 is 0 Å². The van der Waals surface area contributed by atoms with Gasteiger partial charge in [-0.25, -0.2) is 4.98 Å². The van der Waals surface area contributed by atoms with E-state index in [2.05, 4.69) is 36.0 Å². The Labute approximate surface area is 79.2 Å². The largest absolute Gasteiger partial charge is 0.325 e. The highest BCUT2D eigenvalue weighted by Gasteiger charge is 1.93. The van der Waals surface area contributed by atoms with Crippen molar-refractivity contribution >= 4 is 0 Å². The molecule has 1 aromatic rings. The van der Waals surface area contributed by atoms with Gasteiger partial charge >= 0.3 is 0 Å². The van der Waals surface area contributed by atoms with E-state index >= 15 is 0 Å². The molecule has 0 bridgehead atoms. The molecular weight excluding hydrogens is 162 g/mol. The predicted molar refractivity (Wildman–Crippen MR) is 53.3 cm³/mol. The van der Waals surface area contributed by atoms with Crippen LogP contribution in [0, 0.1) is 11.8 Å². The van der Waals surface area contributed by atoms with Crippen LogP contribution in [0.5, 0.6) is 0 Å². The summed E-state index contributed by atoms with van der Waals surface area (Å²) in [5, 5.41) is 3.14. The van der Waals surface area contributed by atoms with Gasteiger partial charge in [-0.2, -0.15) is 0 Å². The Bertz CT molecular complexity index is 303. The van der Waals surface area contributed by atoms with Gasteiger partial charge in [-0.05, 0) is 19.4 Å². The molecular formula is C10H15N3. The highest BCUT2D eigenvalue weighted by atomic mass is 15.0. The Balaban J connectivity index is 2.55. The number of hydrogen-bond acceptors (Lipinski definition) is 2. The molecule has 0 aliphatic carbocycles. The molecule has 0 spiro atoms. The third-order valence-corrected chi connectivity index (χ3v) is 1.72. The van der Waals surface area contributed by atoms with Crippen molar-refractivity contribution in [3.63, 3.8) is 0 Å². The smallest absolute Gasteiger partial charge is 0.185 e. The van der Waals surface area contributed by atoms with Crippen molar-refractivity contribution in [2.45, 2.75) is 20.4 Å². The lowest BCUT2D eigenvalue weighted by molar-refractivity contribution is 0.749. The molecule has 0 radical (unpaired) electrons. The number of rotatable bonds is 3. The molecule has 0 saturated carbocycles. The first-order valence-electron chi connectivity index (χ1n) is 4.59. The fraction of sp³-hybridized carbons (Fsp3) is 0.500. The summed E-state index contributed by atoms with van der Waals surface area (Å²) < 4.78 is 2.03. The quantitative estimate of drug-likeness (QED) is 0.548. The second-order valence-electron chi connectivity index (χ2n) is 2.62. The van der Waals surface area contributed by atoms with Crippen LogP contribution < -0.4 is 5.32 Å². The van der Waals surface area contributed by atoms with Crippen LogP contribution in [0.15, 0.2) is 12.4 Å². The fourth-order valence-corrected chi connectivity index (χ4v) is 0.999. The highest BCUT2D eigenvalue weighted by Crippen LogP contribution is 1.93. The van der Waals surface area contributed by atoms with Crippen LogP contribution >= 0.6 is 0 Å². The average Bonchev–Trinajstić information content (AvgIpc) is 2.60. The summed E-state index contributed by atoms with van der Waals surface area (Å²) in [6, 6.07) is 0. The zero-order valence-electron chi connectivity index (χ0n) is 8.17. The molecule has 1 rings (SSSR count). The number of aromatic nitrogens is 2. The Kier molecular flexibility index (Phi) is 4.07. The predicted octanol–water partition coefficient (Wildman–Crippen LogP) is 0.864. The summed E-state index contributed by atoms with van der Waals surface area (Å²) in [5.74, 6) is 6.88. The van der Waals surface area contributed by atoms with Gasteiger partial charge in [-0.3, -0.25) is 0 Å². The van der Waals surface area contributed by atoms with E-state index in [4.69, 9.17) is 0 Å². The minimum absolute atomic E-state index is 0.729. The Hall–Kier alpha value is -1.27. The summed E-state index contributed by atoms with van der Waals surface area (Å²) in [5.41, 5.74) is 0. The van der Waals surface area contributed by atoms with E-state index in [1.54, 1.807) is 6.20 Å². The lowest BCUT2D eigenvalue weighted by atomic mass is 10.5. The maximum atomic E-state index is 4.15. The summed E-state index contributed by atoms with van der Waals surface area (Å²) in [6.07, 6.45) is 3.72. The topological polar surface area (TPSA) is 29.9 Å². The van der Waals surface area contributed by atoms with Gasteiger partial charge in [-0.1, -0.05) is 12.8 Å². The lowest BCUT2D eigenvalue weighted by Gasteiger charge is -1.96. The Morgan fingerprint density at radius 1 is 1.54 bits per heavy atom. The molecule has 0 amide bonds. The minimum atomic E-state index is 0.729. The molecule has 70 valence electrons. The maximum absolute atomic E-state index is 4.15. The monoisotopic (exact) mass is 177 g/mol. The van der Waals surface area contributed by atoms with Gasteiger partial charge in [0.15, 0.2) is 5.82 Å². The van der Waals surface area contributed by atoms with Gasteiger partial charge in [0.2, 0.25) is 0 Å². The van der Waals surface area contributed by atoms with E-state index in [-0.39, 0.29) is 0 Å². The van der Waals surface area contributed by atoms with Crippen LogP contribution in [0.25, 0.3) is 0 Å². The SMILES string of the molecule is CCNCC#Cc1nccn1CC. The molecule has 0 aliphatic rings. The van der Waals surface area contributed by atoms with Crippen molar-refractivity contribution in [3.05, 3.63) is 18.2 Å². The first-order chi connectivity index (χ1) is 6.38. The minimum Gasteiger partial charge on any atom is -0.325 e. The normalized spacial score (nSPS) is 9.38. The van der Waals surface area contributed by atoms with Crippen LogP contribution in [0.1, 0.15) is 19.7 Å². The van der Waals surface area contributed by atoms with Crippen LogP contribution in [0.4, 0.5) is 0 Å². The van der Waals surface area contributed by atoms with Gasteiger partial charge in [-0.15, -0.1) is 0 Å². The van der Waals surface area contributed by atoms with Crippen LogP contribution in [0.3, 0.4) is 0 Å². The third-order valence-electron chi connectivity index (χ3n) is 1.72. The first-order valence-corrected chi connectivity index (χ1v) is 4.59. The van der Waals surface area contributed by atoms with Crippen molar-refractivity contribution in [1.82, 2.24) is 14.9 Å². The number of imidazole rings is 1. The van der Waals surface area contributed by atoms with Crippen molar-refractivity contribution in [3.8, 4) is 11.8 Å². The lowest BCUT2D eigenvalue weighted by Crippen LogP contribution is -2.12. The van der Waals surface area contributed by atoms with E-state index < -0.39 is 0 Å². The van der Waals surface area contributed by atoms with Crippen molar-refractivity contribution in [1.29, 1.82) is 0 Å². The molecule has 1 aromatic heterocycles. The number of nitrogens with zero attached hydrogens (tertiary/aromatic N) is 2. The van der Waals surface area contributed by atoms with E-state index in [1.807, 2.05) is 10.8 Å². The molecule has 3 nitrogen and oxygen atoms in total. The van der Waals surface area contributed by atoms with E-state index in [9.17, 15) is 0 Å². The molecule has 1 N–H and O–H groups in total. The van der Waals surface area contributed by atoms with Crippen LogP contribution in [-0.2, 0) is 6.54 Å². The maximum Gasteiger partial charge on any atom is 0.185 e. The number of hydrogen-bond donors (Lipinski definition) is 1. The Morgan fingerprint density at radius 2 is 2.38 bits per heavy atom. The molecule has 0 atom stereocenters. The molecule has 0 aliphatic heterocycles. The zero-order chi connectivity index (χ0) is 9.52. The summed E-state index contributed by atoms with van der Waals surface area (Å²) in [6.45, 7) is 6.75. The number of aryl methyl sites for hydroxylation is 1. The summed E-state index contributed by atoms with van der Waals surface area (Å²) >= 11 is 0. The van der Waals surface area contributed by atoms with E-state index in [0.29, 0.717) is 0 Å². The molecule has 0 unspecified atom stereocenters. The van der Waals surface area contributed by atoms with Crippen molar-refractivity contribution in [2.24, 2.45) is 0 Å². The standard InChI is InChI=1S/C10H15N3/c1-3-11-7-5-6-10-12-8-9-13(10)4-2/h8-9,11H,3-4,7H2,1-2H3. The van der Waals surface area contributed by atoms with Crippen molar-refractivity contribution in [2.75, 3.05) is 13.1 Å². The molecule has 0 saturated heterocycles. The Morgan fingerprint density at radius 3 is 3.08 bits per heavy atom. The molecule has 3 heteroatoms. The second-order valence-corrected chi connectivity index (χ2v) is 2.62. The van der Waals surface area contributed by atoms with Gasteiger partial charge in [0.1, 0.15) is 0 Å². The molecule has 13 heavy (non-hydrogen) atoms. The van der Waals surface area contributed by atoms with E-state index in [1.165, 1.54) is 0 Å². The zero-order valence-corrected chi connectivity index (χ0v) is 8.17. The second kappa shape index (κ2) is 5.39. The molecule has 1 heterocycles. The van der Waals surface area contributed by atoms with Crippen LogP contribution in [-0.4, -0.2) is 22.6 Å². The van der Waals surface area contributed by atoms with Gasteiger partial charge in [0.05, 0.1) is 6.54 Å². The van der Waals surface area contributed by atoms with Gasteiger partial charge in [0.25, 0.3) is 0 Å². The first kappa shape index (κ1) is 9.82. The highest BCUT2D eigenvalue weighted by molar-refractivity contribution is 5.22. The molecule has 0 fully saturated rings. The third kappa shape index (κ3) is 2.92. The summed E-state index contributed by atoms with van der Waals surface area (Å²) in [4.78, 5) is 4.15. The fourth-order valence-electron chi connectivity index (χ4n) is 0.999. The van der Waals surface area contributed by atoms with Gasteiger partial charge in [0, 0.05) is 18.9 Å². The van der Waals surface area contributed by atoms with Gasteiger partial charge < -0.3 is 9.88 Å². The number of nitrogens with one attached hydrogen (secondary N) is 1. The summed E-state index contributed by atoms with van der Waals surface area (Å²) in [7, 11) is 0.